The summed E-state index contributed by atoms with van der Waals surface area (Å²) in [5.41, 5.74) is 0. The summed E-state index contributed by atoms with van der Waals surface area (Å²) >= 11 is 0. The highest BCUT2D eigenvalue weighted by atomic mass is 19.1. The standard InChI is InChI=1S/C9H17F2N.C2H6/c1-8-2-4-12(5-3-8)9(6-10)7-11;1-2/h8-9H,2-7H2,1H3;1-2H3. The number of hydrogen-bond donors (Lipinski definition) is 0. The van der Waals surface area contributed by atoms with Crippen molar-refractivity contribution in [1.82, 2.24) is 4.90 Å². The van der Waals surface area contributed by atoms with Crippen molar-refractivity contribution >= 4 is 0 Å². The molecule has 1 rings (SSSR count). The number of rotatable bonds is 3. The van der Waals surface area contributed by atoms with Crippen LogP contribution in [0.2, 0.25) is 0 Å². The molecule has 0 atom stereocenters. The summed E-state index contributed by atoms with van der Waals surface area (Å²) in [7, 11) is 0. The topological polar surface area (TPSA) is 3.24 Å². The highest BCUT2D eigenvalue weighted by Crippen LogP contribution is 2.18. The quantitative estimate of drug-likeness (QED) is 0.687. The van der Waals surface area contributed by atoms with Gasteiger partial charge in [0.25, 0.3) is 0 Å². The molecule has 1 heterocycles. The Morgan fingerprint density at radius 3 is 1.93 bits per heavy atom. The summed E-state index contributed by atoms with van der Waals surface area (Å²) in [5.74, 6) is 0.723. The monoisotopic (exact) mass is 207 g/mol. The Morgan fingerprint density at radius 2 is 1.57 bits per heavy atom. The average Bonchev–Trinajstić information content (AvgIpc) is 2.25. The van der Waals surface area contributed by atoms with Crippen molar-refractivity contribution in [3.8, 4) is 0 Å². The number of halogens is 2. The third-order valence-electron chi connectivity index (χ3n) is 2.69. The minimum Gasteiger partial charge on any atom is -0.295 e. The number of nitrogens with zero attached hydrogens (tertiary/aromatic N) is 1. The fourth-order valence-corrected chi connectivity index (χ4v) is 1.63. The predicted molar refractivity (Wildman–Crippen MR) is 57.1 cm³/mol. The van der Waals surface area contributed by atoms with Crippen molar-refractivity contribution in [2.45, 2.75) is 39.7 Å². The molecule has 0 spiro atoms. The van der Waals surface area contributed by atoms with Gasteiger partial charge in [-0.1, -0.05) is 20.8 Å². The highest BCUT2D eigenvalue weighted by Gasteiger charge is 2.22. The van der Waals surface area contributed by atoms with Gasteiger partial charge in [0.2, 0.25) is 0 Å². The number of piperidine rings is 1. The van der Waals surface area contributed by atoms with Crippen molar-refractivity contribution < 1.29 is 8.78 Å². The Hall–Kier alpha value is -0.180. The van der Waals surface area contributed by atoms with Gasteiger partial charge < -0.3 is 0 Å². The van der Waals surface area contributed by atoms with Crippen LogP contribution < -0.4 is 0 Å². The van der Waals surface area contributed by atoms with Crippen molar-refractivity contribution in [1.29, 1.82) is 0 Å². The van der Waals surface area contributed by atoms with E-state index in [2.05, 4.69) is 6.92 Å². The largest absolute Gasteiger partial charge is 0.295 e. The maximum Gasteiger partial charge on any atom is 0.107 e. The Kier molecular flexibility index (Phi) is 8.05. The van der Waals surface area contributed by atoms with E-state index in [9.17, 15) is 8.78 Å². The Bertz CT molecular complexity index is 118. The fraction of sp³-hybridized carbons (Fsp3) is 1.00. The summed E-state index contributed by atoms with van der Waals surface area (Å²) in [6.07, 6.45) is 2.16. The maximum absolute atomic E-state index is 12.3. The van der Waals surface area contributed by atoms with Gasteiger partial charge in [-0.3, -0.25) is 4.90 Å². The summed E-state index contributed by atoms with van der Waals surface area (Å²) in [5, 5.41) is 0. The molecule has 1 fully saturated rings. The molecule has 0 amide bonds. The first-order valence-corrected chi connectivity index (χ1v) is 5.64. The highest BCUT2D eigenvalue weighted by molar-refractivity contribution is 4.76. The van der Waals surface area contributed by atoms with E-state index in [-0.39, 0.29) is 0 Å². The third kappa shape index (κ3) is 4.36. The van der Waals surface area contributed by atoms with Crippen LogP contribution in [0.1, 0.15) is 33.6 Å². The molecular weight excluding hydrogens is 184 g/mol. The van der Waals surface area contributed by atoms with Gasteiger partial charge in [-0.15, -0.1) is 0 Å². The van der Waals surface area contributed by atoms with E-state index in [1.165, 1.54) is 0 Å². The zero-order valence-electron chi connectivity index (χ0n) is 9.60. The van der Waals surface area contributed by atoms with Gasteiger partial charge >= 0.3 is 0 Å². The molecule has 0 saturated carbocycles. The second-order valence-electron chi connectivity index (χ2n) is 3.68. The zero-order chi connectivity index (χ0) is 11.0. The summed E-state index contributed by atoms with van der Waals surface area (Å²) < 4.78 is 24.5. The normalized spacial score (nSPS) is 19.3. The van der Waals surface area contributed by atoms with Crippen molar-refractivity contribution in [3.63, 3.8) is 0 Å². The maximum atomic E-state index is 12.3. The van der Waals surface area contributed by atoms with Crippen LogP contribution in [-0.4, -0.2) is 37.4 Å². The lowest BCUT2D eigenvalue weighted by atomic mass is 9.98. The van der Waals surface area contributed by atoms with E-state index in [0.717, 1.165) is 31.8 Å². The molecule has 0 bridgehead atoms. The molecular formula is C11H23F2N. The van der Waals surface area contributed by atoms with E-state index in [1.807, 2.05) is 18.7 Å². The van der Waals surface area contributed by atoms with Crippen LogP contribution in [0.15, 0.2) is 0 Å². The van der Waals surface area contributed by atoms with Gasteiger partial charge in [0.15, 0.2) is 0 Å². The molecule has 1 aliphatic heterocycles. The van der Waals surface area contributed by atoms with Crippen LogP contribution in [0.3, 0.4) is 0 Å². The molecule has 0 N–H and O–H groups in total. The van der Waals surface area contributed by atoms with Crippen molar-refractivity contribution in [3.05, 3.63) is 0 Å². The number of hydrogen-bond acceptors (Lipinski definition) is 1. The van der Waals surface area contributed by atoms with E-state index in [4.69, 9.17) is 0 Å². The first-order valence-electron chi connectivity index (χ1n) is 5.64. The van der Waals surface area contributed by atoms with Crippen LogP contribution in [0, 0.1) is 5.92 Å². The van der Waals surface area contributed by atoms with E-state index in [1.54, 1.807) is 0 Å². The minimum atomic E-state index is -0.551. The van der Waals surface area contributed by atoms with Gasteiger partial charge in [0.05, 0.1) is 6.04 Å². The smallest absolute Gasteiger partial charge is 0.107 e. The molecule has 14 heavy (non-hydrogen) atoms. The Morgan fingerprint density at radius 1 is 1.14 bits per heavy atom. The summed E-state index contributed by atoms with van der Waals surface area (Å²) in [4.78, 5) is 1.93. The molecule has 0 aliphatic carbocycles. The number of likely N-dealkylation sites (tertiary alicyclic amines) is 1. The zero-order valence-corrected chi connectivity index (χ0v) is 9.60. The molecule has 86 valence electrons. The Labute approximate surface area is 86.5 Å². The first kappa shape index (κ1) is 13.8. The SMILES string of the molecule is CC.CC1CCN(C(CF)CF)CC1. The van der Waals surface area contributed by atoms with Gasteiger partial charge in [0.1, 0.15) is 13.3 Å². The summed E-state index contributed by atoms with van der Waals surface area (Å²) in [6, 6.07) is -0.475. The van der Waals surface area contributed by atoms with Crippen LogP contribution >= 0.6 is 0 Å². The van der Waals surface area contributed by atoms with E-state index >= 15 is 0 Å². The third-order valence-corrected chi connectivity index (χ3v) is 2.69. The molecule has 3 heteroatoms. The van der Waals surface area contributed by atoms with Crippen molar-refractivity contribution in [2.24, 2.45) is 5.92 Å². The second-order valence-corrected chi connectivity index (χ2v) is 3.68. The van der Waals surface area contributed by atoms with E-state index < -0.39 is 19.4 Å². The second kappa shape index (κ2) is 8.16. The molecule has 1 nitrogen and oxygen atoms in total. The van der Waals surface area contributed by atoms with Crippen LogP contribution in [0.4, 0.5) is 8.78 Å². The van der Waals surface area contributed by atoms with Gasteiger partial charge in [-0.25, -0.2) is 8.78 Å². The lowest BCUT2D eigenvalue weighted by molar-refractivity contribution is 0.0996. The Balaban J connectivity index is 0.000000791. The lowest BCUT2D eigenvalue weighted by Gasteiger charge is -2.34. The molecule has 1 saturated heterocycles. The predicted octanol–water partition coefficient (Wildman–Crippen LogP) is 3.05. The molecule has 0 aromatic carbocycles. The molecule has 1 aliphatic rings. The van der Waals surface area contributed by atoms with Gasteiger partial charge in [-0.2, -0.15) is 0 Å². The number of alkyl halides is 2. The van der Waals surface area contributed by atoms with Crippen LogP contribution in [0.25, 0.3) is 0 Å². The first-order chi connectivity index (χ1) is 6.77. The van der Waals surface area contributed by atoms with Crippen LogP contribution in [-0.2, 0) is 0 Å². The molecule has 0 aromatic rings. The summed E-state index contributed by atoms with van der Waals surface area (Å²) in [6.45, 7) is 6.81. The molecule has 0 aromatic heterocycles. The molecule has 0 radical (unpaired) electrons. The van der Waals surface area contributed by atoms with Gasteiger partial charge in [-0.05, 0) is 31.8 Å². The minimum absolute atomic E-state index is 0.475. The fourth-order valence-electron chi connectivity index (χ4n) is 1.63. The average molecular weight is 207 g/mol. The van der Waals surface area contributed by atoms with Crippen LogP contribution in [0.5, 0.6) is 0 Å². The van der Waals surface area contributed by atoms with Gasteiger partial charge in [0, 0.05) is 0 Å². The molecule has 0 unspecified atom stereocenters. The van der Waals surface area contributed by atoms with E-state index in [0.29, 0.717) is 0 Å². The lowest BCUT2D eigenvalue weighted by Crippen LogP contribution is -2.43. The van der Waals surface area contributed by atoms with Crippen molar-refractivity contribution in [2.75, 3.05) is 26.4 Å².